The second-order valence-electron chi connectivity index (χ2n) is 10.7. The Labute approximate surface area is 245 Å². The molecule has 0 radical (unpaired) electrons. The summed E-state index contributed by atoms with van der Waals surface area (Å²) in [6, 6.07) is 12.4. The molecule has 2 aromatic carbocycles. The third-order valence-electron chi connectivity index (χ3n) is 6.84. The number of para-hydroxylation sites is 1. The van der Waals surface area contributed by atoms with Gasteiger partial charge in [-0.25, -0.2) is 17.7 Å². The average molecular weight is 602 g/mol. The maximum absolute atomic E-state index is 12.8. The average Bonchev–Trinajstić information content (AvgIpc) is 3.08. The highest BCUT2D eigenvalue weighted by atomic mass is 35.5. The van der Waals surface area contributed by atoms with E-state index in [9.17, 15) is 13.2 Å². The van der Waals surface area contributed by atoms with Crippen molar-refractivity contribution in [1.29, 1.82) is 0 Å². The van der Waals surface area contributed by atoms with Crippen LogP contribution in [-0.2, 0) is 26.0 Å². The van der Waals surface area contributed by atoms with Crippen molar-refractivity contribution >= 4 is 50.7 Å². The molecule has 2 unspecified atom stereocenters. The minimum absolute atomic E-state index is 0.0598. The van der Waals surface area contributed by atoms with E-state index in [1.807, 2.05) is 18.2 Å². The molecule has 5 N–H and O–H groups in total. The summed E-state index contributed by atoms with van der Waals surface area (Å²) in [7, 11) is 0.902. The Balaban J connectivity index is 1.58. The Bertz CT molecular complexity index is 1530. The number of benzene rings is 2. The lowest BCUT2D eigenvalue weighted by Crippen LogP contribution is -2.52. The van der Waals surface area contributed by atoms with Crippen LogP contribution >= 0.6 is 11.6 Å². The predicted octanol–water partition coefficient (Wildman–Crippen LogP) is 4.11. The van der Waals surface area contributed by atoms with Gasteiger partial charge in [0, 0.05) is 32.9 Å². The number of fused-ring (bicyclic) bond motifs is 1. The molecular formula is C28H36ClN7O4S. The highest BCUT2D eigenvalue weighted by molar-refractivity contribution is 7.89. The summed E-state index contributed by atoms with van der Waals surface area (Å²) in [6.07, 6.45) is 3.41. The van der Waals surface area contributed by atoms with E-state index >= 15 is 0 Å². The SMILES string of the molecule is COC1CCC(NC(=O)C(C)(C)N)Cc2ccc(Nc3ncc(Cl)c(Nc4ccccc4S(=O)(=O)N(C)C)n3)cc21. The fraction of sp³-hybridized carbons (Fsp3) is 0.393. The second kappa shape index (κ2) is 12.3. The maximum Gasteiger partial charge on any atom is 0.244 e. The quantitative estimate of drug-likeness (QED) is 0.265. The molecule has 0 bridgehead atoms. The first kappa shape index (κ1) is 30.7. The lowest BCUT2D eigenvalue weighted by Gasteiger charge is -2.23. The number of nitrogens with zero attached hydrogens (tertiary/aromatic N) is 3. The largest absolute Gasteiger partial charge is 0.377 e. The van der Waals surface area contributed by atoms with E-state index < -0.39 is 15.6 Å². The fourth-order valence-electron chi connectivity index (χ4n) is 4.54. The number of aromatic nitrogens is 2. The Hall–Kier alpha value is -3.29. The van der Waals surface area contributed by atoms with Crippen molar-refractivity contribution in [2.24, 2.45) is 5.73 Å². The summed E-state index contributed by atoms with van der Waals surface area (Å²) in [5.74, 6) is 0.323. The number of methoxy groups -OCH3 is 1. The van der Waals surface area contributed by atoms with E-state index in [1.165, 1.54) is 26.4 Å². The van der Waals surface area contributed by atoms with Gasteiger partial charge in [0.05, 0.1) is 23.5 Å². The first-order chi connectivity index (χ1) is 19.3. The van der Waals surface area contributed by atoms with Gasteiger partial charge in [0.15, 0.2) is 5.82 Å². The molecule has 41 heavy (non-hydrogen) atoms. The first-order valence-corrected chi connectivity index (χ1v) is 14.9. The van der Waals surface area contributed by atoms with E-state index in [-0.39, 0.29) is 39.7 Å². The van der Waals surface area contributed by atoms with Gasteiger partial charge in [0.25, 0.3) is 0 Å². The van der Waals surface area contributed by atoms with Gasteiger partial charge in [-0.05, 0) is 68.5 Å². The number of amides is 1. The van der Waals surface area contributed by atoms with Crippen LogP contribution in [0, 0.1) is 0 Å². The lowest BCUT2D eigenvalue weighted by atomic mass is 9.99. The number of carbonyl (C=O) groups is 1. The molecule has 0 saturated heterocycles. The third-order valence-corrected chi connectivity index (χ3v) is 8.99. The van der Waals surface area contributed by atoms with Gasteiger partial charge in [-0.1, -0.05) is 29.8 Å². The number of hydrogen-bond donors (Lipinski definition) is 4. The van der Waals surface area contributed by atoms with E-state index in [0.29, 0.717) is 12.1 Å². The molecule has 1 amide bonds. The van der Waals surface area contributed by atoms with Crippen LogP contribution in [0.2, 0.25) is 5.02 Å². The molecule has 1 heterocycles. The van der Waals surface area contributed by atoms with E-state index in [1.54, 1.807) is 39.2 Å². The topological polar surface area (TPSA) is 152 Å². The molecule has 0 fully saturated rings. The van der Waals surface area contributed by atoms with Crippen LogP contribution in [0.25, 0.3) is 0 Å². The zero-order chi connectivity index (χ0) is 29.9. The number of halogens is 1. The molecule has 0 aliphatic heterocycles. The van der Waals surface area contributed by atoms with Gasteiger partial charge in [-0.3, -0.25) is 4.79 Å². The Morgan fingerprint density at radius 1 is 1.15 bits per heavy atom. The summed E-state index contributed by atoms with van der Waals surface area (Å²) in [5.41, 5.74) is 8.17. The summed E-state index contributed by atoms with van der Waals surface area (Å²) >= 11 is 6.38. The standard InChI is InChI=1S/C28H36ClN7O4S/c1-28(2,30)26(37)32-18-12-13-23(40-5)20-15-19(11-10-17(20)14-18)33-27-31-16-21(29)25(35-27)34-22-8-6-7-9-24(22)41(38,39)36(3)4/h6-11,15-16,18,23H,12-14,30H2,1-5H3,(H,32,37)(H2,31,33,34,35). The summed E-state index contributed by atoms with van der Waals surface area (Å²) in [5, 5.41) is 9.55. The summed E-state index contributed by atoms with van der Waals surface area (Å²) in [4.78, 5) is 21.4. The second-order valence-corrected chi connectivity index (χ2v) is 13.3. The molecule has 1 aliphatic rings. The van der Waals surface area contributed by atoms with Crippen molar-refractivity contribution < 1.29 is 17.9 Å². The molecule has 1 aromatic heterocycles. The Morgan fingerprint density at radius 3 is 2.56 bits per heavy atom. The number of ether oxygens (including phenoxy) is 1. The summed E-state index contributed by atoms with van der Waals surface area (Å²) < 4.78 is 32.6. The van der Waals surface area contributed by atoms with Crippen LogP contribution in [0.4, 0.5) is 23.1 Å². The molecular weight excluding hydrogens is 566 g/mol. The number of sulfonamides is 1. The molecule has 220 valence electrons. The molecule has 0 spiro atoms. The lowest BCUT2D eigenvalue weighted by molar-refractivity contribution is -0.126. The molecule has 11 nitrogen and oxygen atoms in total. The van der Waals surface area contributed by atoms with Crippen LogP contribution in [-0.4, -0.2) is 61.4 Å². The molecule has 3 aromatic rings. The number of hydrogen-bond acceptors (Lipinski definition) is 9. The van der Waals surface area contributed by atoms with Gasteiger partial charge < -0.3 is 26.4 Å². The predicted molar refractivity (Wildman–Crippen MR) is 160 cm³/mol. The number of nitrogens with two attached hydrogens (primary N) is 1. The molecule has 1 aliphatic carbocycles. The van der Waals surface area contributed by atoms with Gasteiger partial charge in [0.1, 0.15) is 9.92 Å². The van der Waals surface area contributed by atoms with Crippen molar-refractivity contribution in [2.45, 2.75) is 55.7 Å². The van der Waals surface area contributed by atoms with Crippen molar-refractivity contribution in [3.8, 4) is 0 Å². The first-order valence-electron chi connectivity index (χ1n) is 13.1. The van der Waals surface area contributed by atoms with Crippen LogP contribution in [0.5, 0.6) is 0 Å². The highest BCUT2D eigenvalue weighted by Crippen LogP contribution is 2.34. The zero-order valence-corrected chi connectivity index (χ0v) is 25.3. The van der Waals surface area contributed by atoms with Gasteiger partial charge in [-0.2, -0.15) is 4.98 Å². The van der Waals surface area contributed by atoms with Crippen molar-refractivity contribution in [1.82, 2.24) is 19.6 Å². The minimum Gasteiger partial charge on any atom is -0.377 e. The molecule has 0 saturated carbocycles. The fourth-order valence-corrected chi connectivity index (χ4v) is 5.72. The number of carbonyl (C=O) groups excluding carboxylic acids is 1. The van der Waals surface area contributed by atoms with Crippen molar-refractivity contribution in [3.05, 3.63) is 64.8 Å². The highest BCUT2D eigenvalue weighted by Gasteiger charge is 2.29. The van der Waals surface area contributed by atoms with Crippen LogP contribution in [0.3, 0.4) is 0 Å². The van der Waals surface area contributed by atoms with Crippen LogP contribution < -0.4 is 21.7 Å². The van der Waals surface area contributed by atoms with Crippen molar-refractivity contribution in [2.75, 3.05) is 31.8 Å². The van der Waals surface area contributed by atoms with Crippen molar-refractivity contribution in [3.63, 3.8) is 0 Å². The van der Waals surface area contributed by atoms with Gasteiger partial charge in [-0.15, -0.1) is 0 Å². The number of anilines is 4. The number of nitrogens with one attached hydrogen (secondary N) is 3. The smallest absolute Gasteiger partial charge is 0.244 e. The van der Waals surface area contributed by atoms with E-state index in [4.69, 9.17) is 22.1 Å². The Morgan fingerprint density at radius 2 is 1.88 bits per heavy atom. The third kappa shape index (κ3) is 7.14. The molecule has 2 atom stereocenters. The normalized spacial score (nSPS) is 17.5. The number of rotatable bonds is 9. The minimum atomic E-state index is -3.71. The van der Waals surface area contributed by atoms with Gasteiger partial charge >= 0.3 is 0 Å². The van der Waals surface area contributed by atoms with Crippen LogP contribution in [0.15, 0.2) is 53.6 Å². The molecule has 13 heteroatoms. The molecule has 4 rings (SSSR count). The Kier molecular flexibility index (Phi) is 9.19. The summed E-state index contributed by atoms with van der Waals surface area (Å²) in [6.45, 7) is 3.38. The van der Waals surface area contributed by atoms with E-state index in [2.05, 4.69) is 25.9 Å². The van der Waals surface area contributed by atoms with E-state index in [0.717, 1.165) is 34.0 Å². The van der Waals surface area contributed by atoms with Gasteiger partial charge in [0.2, 0.25) is 21.9 Å². The maximum atomic E-state index is 12.8. The monoisotopic (exact) mass is 601 g/mol. The van der Waals surface area contributed by atoms with Crippen LogP contribution in [0.1, 0.15) is 43.9 Å². The zero-order valence-electron chi connectivity index (χ0n) is 23.7.